The van der Waals surface area contributed by atoms with Crippen LogP contribution < -0.4 is 0 Å². The predicted molar refractivity (Wildman–Crippen MR) is 79.0 cm³/mol. The molecule has 0 aromatic carbocycles. The molecular formula is C12H14Cl2N4S. The van der Waals surface area contributed by atoms with Gasteiger partial charge < -0.3 is 9.13 Å². The minimum absolute atomic E-state index is 0.0783. The van der Waals surface area contributed by atoms with Gasteiger partial charge in [0.05, 0.1) is 24.1 Å². The molecule has 0 aliphatic heterocycles. The van der Waals surface area contributed by atoms with Crippen molar-refractivity contribution >= 4 is 35.8 Å². The standard InChI is InChI=1S/C12H14Cl2N4S/c13-10-2-1-9(19)11(17-5-3-15-7-17)12(10,14)18-6-4-16-8-18/h3-11,19H,1-2H2. The molecule has 3 rings (SSSR count). The molecule has 1 aliphatic rings. The summed E-state index contributed by atoms with van der Waals surface area (Å²) in [7, 11) is 0. The maximum absolute atomic E-state index is 6.94. The highest BCUT2D eigenvalue weighted by Crippen LogP contribution is 2.50. The van der Waals surface area contributed by atoms with Crippen LogP contribution in [0.4, 0.5) is 0 Å². The minimum atomic E-state index is -0.788. The number of aromatic nitrogens is 4. The second-order valence-electron chi connectivity index (χ2n) is 4.76. The van der Waals surface area contributed by atoms with Crippen LogP contribution >= 0.6 is 35.8 Å². The van der Waals surface area contributed by atoms with Crippen molar-refractivity contribution in [1.29, 1.82) is 0 Å². The highest BCUT2D eigenvalue weighted by atomic mass is 35.5. The largest absolute Gasteiger partial charge is 0.330 e. The molecule has 7 heteroatoms. The fourth-order valence-corrected chi connectivity index (χ4v) is 4.21. The quantitative estimate of drug-likeness (QED) is 0.683. The Kier molecular flexibility index (Phi) is 3.53. The molecule has 2 heterocycles. The van der Waals surface area contributed by atoms with E-state index in [4.69, 9.17) is 35.8 Å². The Balaban J connectivity index is 2.10. The van der Waals surface area contributed by atoms with E-state index in [1.54, 1.807) is 25.0 Å². The average molecular weight is 317 g/mol. The van der Waals surface area contributed by atoms with Gasteiger partial charge in [0.25, 0.3) is 0 Å². The van der Waals surface area contributed by atoms with Crippen molar-refractivity contribution in [2.24, 2.45) is 0 Å². The van der Waals surface area contributed by atoms with Crippen LogP contribution in [0.3, 0.4) is 0 Å². The normalized spacial score (nSPS) is 35.4. The van der Waals surface area contributed by atoms with Crippen molar-refractivity contribution in [1.82, 2.24) is 19.1 Å². The second kappa shape index (κ2) is 5.04. The van der Waals surface area contributed by atoms with E-state index in [2.05, 4.69) is 9.97 Å². The first-order chi connectivity index (χ1) is 9.14. The van der Waals surface area contributed by atoms with Gasteiger partial charge in [0.15, 0.2) is 5.00 Å². The molecule has 2 aromatic heterocycles. The van der Waals surface area contributed by atoms with Gasteiger partial charge in [0.2, 0.25) is 0 Å². The first kappa shape index (κ1) is 13.3. The van der Waals surface area contributed by atoms with Crippen LogP contribution in [0, 0.1) is 0 Å². The zero-order valence-corrected chi connectivity index (χ0v) is 12.5. The van der Waals surface area contributed by atoms with E-state index < -0.39 is 5.00 Å². The van der Waals surface area contributed by atoms with E-state index in [1.807, 2.05) is 21.5 Å². The number of hydrogen-bond donors (Lipinski definition) is 1. The van der Waals surface area contributed by atoms with Crippen molar-refractivity contribution < 1.29 is 0 Å². The van der Waals surface area contributed by atoms with Crippen molar-refractivity contribution in [3.05, 3.63) is 37.4 Å². The summed E-state index contributed by atoms with van der Waals surface area (Å²) in [4.78, 5) is 7.41. The summed E-state index contributed by atoms with van der Waals surface area (Å²) >= 11 is 18.2. The molecule has 0 saturated heterocycles. The van der Waals surface area contributed by atoms with Crippen molar-refractivity contribution in [2.75, 3.05) is 0 Å². The van der Waals surface area contributed by atoms with Gasteiger partial charge in [-0.3, -0.25) is 0 Å². The maximum Gasteiger partial charge on any atom is 0.158 e. The van der Waals surface area contributed by atoms with Crippen molar-refractivity contribution in [2.45, 2.75) is 34.5 Å². The SMILES string of the molecule is SC1CCC(Cl)C(Cl)(n2ccnc2)C1n1ccnc1. The minimum Gasteiger partial charge on any atom is -0.330 e. The molecule has 0 bridgehead atoms. The second-order valence-corrected chi connectivity index (χ2v) is 6.56. The van der Waals surface area contributed by atoms with Crippen LogP contribution in [0.1, 0.15) is 18.9 Å². The van der Waals surface area contributed by atoms with E-state index in [0.717, 1.165) is 12.8 Å². The number of imidazole rings is 2. The van der Waals surface area contributed by atoms with Crippen LogP contribution in [0.15, 0.2) is 37.4 Å². The molecule has 4 unspecified atom stereocenters. The lowest BCUT2D eigenvalue weighted by atomic mass is 9.88. The molecule has 0 amide bonds. The van der Waals surface area contributed by atoms with Crippen LogP contribution in [0.5, 0.6) is 0 Å². The Bertz CT molecular complexity index is 530. The Morgan fingerprint density at radius 1 is 1.16 bits per heavy atom. The average Bonchev–Trinajstić information content (AvgIpc) is 3.06. The molecule has 1 saturated carbocycles. The van der Waals surface area contributed by atoms with E-state index in [0.29, 0.717) is 0 Å². The number of thiol groups is 1. The first-order valence-corrected chi connectivity index (χ1v) is 7.44. The van der Waals surface area contributed by atoms with Gasteiger partial charge in [0, 0.05) is 30.0 Å². The third-order valence-electron chi connectivity index (χ3n) is 3.68. The number of nitrogens with zero attached hydrogens (tertiary/aromatic N) is 4. The van der Waals surface area contributed by atoms with Gasteiger partial charge in [-0.2, -0.15) is 12.6 Å². The van der Waals surface area contributed by atoms with E-state index >= 15 is 0 Å². The van der Waals surface area contributed by atoms with Gasteiger partial charge in [-0.1, -0.05) is 11.6 Å². The zero-order valence-electron chi connectivity index (χ0n) is 10.1. The fraction of sp³-hybridized carbons (Fsp3) is 0.500. The molecule has 4 nitrogen and oxygen atoms in total. The first-order valence-electron chi connectivity index (χ1n) is 6.11. The zero-order chi connectivity index (χ0) is 13.5. The van der Waals surface area contributed by atoms with E-state index in [9.17, 15) is 0 Å². The topological polar surface area (TPSA) is 35.6 Å². The molecule has 0 N–H and O–H groups in total. The molecule has 102 valence electrons. The summed E-state index contributed by atoms with van der Waals surface area (Å²) in [6.45, 7) is 0. The summed E-state index contributed by atoms with van der Waals surface area (Å²) in [5.41, 5.74) is 0. The lowest BCUT2D eigenvalue weighted by Crippen LogP contribution is -2.51. The molecule has 19 heavy (non-hydrogen) atoms. The van der Waals surface area contributed by atoms with Gasteiger partial charge in [-0.25, -0.2) is 9.97 Å². The van der Waals surface area contributed by atoms with Crippen LogP contribution in [0.25, 0.3) is 0 Å². The van der Waals surface area contributed by atoms with Crippen LogP contribution in [-0.2, 0) is 5.00 Å². The Morgan fingerprint density at radius 3 is 2.53 bits per heavy atom. The van der Waals surface area contributed by atoms with Crippen LogP contribution in [0.2, 0.25) is 0 Å². The number of halogens is 2. The highest BCUT2D eigenvalue weighted by Gasteiger charge is 2.51. The van der Waals surface area contributed by atoms with Gasteiger partial charge in [-0.05, 0) is 12.8 Å². The summed E-state index contributed by atoms with van der Waals surface area (Å²) in [6.07, 6.45) is 12.4. The summed E-state index contributed by atoms with van der Waals surface area (Å²) in [5.74, 6) is 0. The maximum atomic E-state index is 6.94. The Morgan fingerprint density at radius 2 is 1.89 bits per heavy atom. The number of rotatable bonds is 2. The molecular weight excluding hydrogens is 303 g/mol. The lowest BCUT2D eigenvalue weighted by Gasteiger charge is -2.46. The third kappa shape index (κ3) is 2.08. The lowest BCUT2D eigenvalue weighted by molar-refractivity contribution is 0.210. The van der Waals surface area contributed by atoms with Gasteiger partial charge in [-0.15, -0.1) is 11.6 Å². The summed E-state index contributed by atoms with van der Waals surface area (Å²) < 4.78 is 3.86. The van der Waals surface area contributed by atoms with Crippen LogP contribution in [-0.4, -0.2) is 29.7 Å². The van der Waals surface area contributed by atoms with Crippen molar-refractivity contribution in [3.63, 3.8) is 0 Å². The highest BCUT2D eigenvalue weighted by molar-refractivity contribution is 7.81. The summed E-state index contributed by atoms with van der Waals surface area (Å²) in [6, 6.07) is -0.0783. The smallest absolute Gasteiger partial charge is 0.158 e. The predicted octanol–water partition coefficient (Wildman–Crippen LogP) is 2.91. The number of alkyl halides is 2. The Hall–Kier alpha value is -0.650. The molecule has 1 aliphatic carbocycles. The van der Waals surface area contributed by atoms with E-state index in [1.165, 1.54) is 0 Å². The Labute approximate surface area is 127 Å². The van der Waals surface area contributed by atoms with E-state index in [-0.39, 0.29) is 16.7 Å². The molecule has 1 fully saturated rings. The molecule has 0 spiro atoms. The van der Waals surface area contributed by atoms with Gasteiger partial charge in [0.1, 0.15) is 0 Å². The number of hydrogen-bond acceptors (Lipinski definition) is 3. The molecule has 0 radical (unpaired) electrons. The molecule has 2 aromatic rings. The fourth-order valence-electron chi connectivity index (χ4n) is 2.75. The third-order valence-corrected chi connectivity index (χ3v) is 5.57. The van der Waals surface area contributed by atoms with Gasteiger partial charge >= 0.3 is 0 Å². The monoisotopic (exact) mass is 316 g/mol. The summed E-state index contributed by atoms with van der Waals surface area (Å²) in [5, 5.41) is -0.0803. The van der Waals surface area contributed by atoms with Crippen molar-refractivity contribution in [3.8, 4) is 0 Å². The molecule has 4 atom stereocenters.